The maximum absolute atomic E-state index is 13.6. The Morgan fingerprint density at radius 1 is 1.14 bits per heavy atom. The summed E-state index contributed by atoms with van der Waals surface area (Å²) in [5.74, 6) is -0.301. The fraction of sp³-hybridized carbons (Fsp3) is 0.778. The van der Waals surface area contributed by atoms with Gasteiger partial charge in [-0.05, 0) is 30.6 Å². The van der Waals surface area contributed by atoms with Crippen LogP contribution in [0.15, 0.2) is 0 Å². The topological polar surface area (TPSA) is 123 Å². The van der Waals surface area contributed by atoms with Gasteiger partial charge in [0.25, 0.3) is 0 Å². The number of amides is 3. The van der Waals surface area contributed by atoms with Crippen LogP contribution in [0.3, 0.4) is 0 Å². The normalized spacial score (nSPS) is 31.9. The van der Waals surface area contributed by atoms with E-state index >= 15 is 0 Å². The van der Waals surface area contributed by atoms with Gasteiger partial charge in [-0.25, -0.2) is 4.98 Å². The van der Waals surface area contributed by atoms with Gasteiger partial charge in [0, 0.05) is 61.1 Å². The summed E-state index contributed by atoms with van der Waals surface area (Å²) in [7, 11) is 0. The van der Waals surface area contributed by atoms with E-state index < -0.39 is 16.9 Å². The minimum Gasteiger partial charge on any atom is -0.396 e. The molecule has 0 unspecified atom stereocenters. The van der Waals surface area contributed by atoms with Gasteiger partial charge in [0.1, 0.15) is 0 Å². The fourth-order valence-electron chi connectivity index (χ4n) is 6.56. The van der Waals surface area contributed by atoms with Crippen LogP contribution in [-0.2, 0) is 20.8 Å². The quantitative estimate of drug-likeness (QED) is 0.546. The molecule has 3 aliphatic rings. The molecule has 2 heterocycles. The maximum Gasteiger partial charge on any atom is 0.231 e. The van der Waals surface area contributed by atoms with Gasteiger partial charge in [-0.15, -0.1) is 11.3 Å². The van der Waals surface area contributed by atoms with E-state index in [0.717, 1.165) is 17.0 Å². The van der Waals surface area contributed by atoms with Gasteiger partial charge in [0.2, 0.25) is 17.7 Å². The summed E-state index contributed by atoms with van der Waals surface area (Å²) in [6.45, 7) is 13.2. The van der Waals surface area contributed by atoms with Crippen molar-refractivity contribution in [3.63, 3.8) is 0 Å². The molecule has 1 saturated carbocycles. The number of rotatable bonds is 4. The first-order chi connectivity index (χ1) is 17.2. The number of aliphatic hydroxyl groups excluding tert-OH is 2. The molecule has 0 radical (unpaired) electrons. The zero-order chi connectivity index (χ0) is 27.3. The number of anilines is 1. The van der Waals surface area contributed by atoms with Crippen molar-refractivity contribution in [3.05, 3.63) is 10.6 Å². The largest absolute Gasteiger partial charge is 0.396 e. The van der Waals surface area contributed by atoms with Gasteiger partial charge < -0.3 is 25.3 Å². The highest BCUT2D eigenvalue weighted by molar-refractivity contribution is 7.15. The number of aliphatic hydroxyl groups is 2. The van der Waals surface area contributed by atoms with E-state index in [0.29, 0.717) is 44.2 Å². The van der Waals surface area contributed by atoms with Gasteiger partial charge in [0.15, 0.2) is 5.13 Å². The van der Waals surface area contributed by atoms with Crippen LogP contribution in [0.5, 0.6) is 0 Å². The molecular weight excluding hydrogens is 492 g/mol. The number of nitrogens with zero attached hydrogens (tertiary/aromatic N) is 3. The molecule has 4 rings (SSSR count). The summed E-state index contributed by atoms with van der Waals surface area (Å²) < 4.78 is 0. The number of carbonyl (C=O) groups is 3. The zero-order valence-corrected chi connectivity index (χ0v) is 23.8. The summed E-state index contributed by atoms with van der Waals surface area (Å²) in [5.41, 5.74) is -0.749. The van der Waals surface area contributed by atoms with Crippen LogP contribution in [-0.4, -0.2) is 81.6 Å². The Labute approximate surface area is 223 Å². The van der Waals surface area contributed by atoms with Crippen LogP contribution < -0.4 is 5.32 Å². The number of hydrogen-bond acceptors (Lipinski definition) is 7. The average Bonchev–Trinajstić information content (AvgIpc) is 3.24. The molecule has 3 N–H and O–H groups in total. The van der Waals surface area contributed by atoms with Gasteiger partial charge >= 0.3 is 0 Å². The van der Waals surface area contributed by atoms with Crippen molar-refractivity contribution < 1.29 is 24.6 Å². The molecule has 1 aliphatic heterocycles. The molecule has 37 heavy (non-hydrogen) atoms. The lowest BCUT2D eigenvalue weighted by molar-refractivity contribution is -0.149. The number of fused-ring (bicyclic) bond motifs is 2. The molecule has 1 aromatic heterocycles. The molecule has 0 aromatic carbocycles. The van der Waals surface area contributed by atoms with Crippen molar-refractivity contribution in [1.29, 1.82) is 0 Å². The summed E-state index contributed by atoms with van der Waals surface area (Å²) in [6.07, 6.45) is 1.57. The van der Waals surface area contributed by atoms with Crippen molar-refractivity contribution in [2.75, 3.05) is 38.1 Å². The van der Waals surface area contributed by atoms with E-state index in [1.165, 1.54) is 11.3 Å². The highest BCUT2D eigenvalue weighted by Crippen LogP contribution is 2.63. The third kappa shape index (κ3) is 5.04. The van der Waals surface area contributed by atoms with Crippen molar-refractivity contribution >= 4 is 34.2 Å². The molecule has 1 aromatic rings. The first kappa shape index (κ1) is 28.0. The Hall–Kier alpha value is -2.04. The number of piperazine rings is 1. The average molecular weight is 535 g/mol. The monoisotopic (exact) mass is 534 g/mol. The van der Waals surface area contributed by atoms with Crippen LogP contribution in [0, 0.1) is 22.2 Å². The lowest BCUT2D eigenvalue weighted by atomic mass is 9.47. The molecule has 2 aliphatic carbocycles. The second-order valence-corrected chi connectivity index (χ2v) is 13.7. The number of nitrogens with one attached hydrogen (secondary N) is 1. The highest BCUT2D eigenvalue weighted by Gasteiger charge is 2.59. The maximum atomic E-state index is 13.6. The van der Waals surface area contributed by atoms with E-state index in [4.69, 9.17) is 4.98 Å². The summed E-state index contributed by atoms with van der Waals surface area (Å²) in [6, 6.07) is 0. The third-order valence-corrected chi connectivity index (χ3v) is 10.3. The van der Waals surface area contributed by atoms with Gasteiger partial charge in [0.05, 0.1) is 18.4 Å². The smallest absolute Gasteiger partial charge is 0.231 e. The van der Waals surface area contributed by atoms with Crippen molar-refractivity contribution in [3.8, 4) is 0 Å². The SMILES string of the molecule is CC(=O)N1CCN(C(=O)C[C@H]2c3nc(NC(=O)C(C)(C)C)sc3C[C@H]3[C@](C)(CO)[C@H](O)CC[C@]32C)CC1. The summed E-state index contributed by atoms with van der Waals surface area (Å²) >= 11 is 1.44. The van der Waals surface area contributed by atoms with E-state index in [2.05, 4.69) is 12.2 Å². The number of thiazole rings is 1. The molecule has 1 saturated heterocycles. The second kappa shape index (κ2) is 9.93. The molecule has 0 bridgehead atoms. The van der Waals surface area contributed by atoms with Crippen LogP contribution in [0.1, 0.15) is 77.3 Å². The van der Waals surface area contributed by atoms with Crippen molar-refractivity contribution in [2.45, 2.75) is 79.2 Å². The molecule has 10 heteroatoms. The predicted octanol–water partition coefficient (Wildman–Crippen LogP) is 2.62. The molecule has 206 valence electrons. The lowest BCUT2D eigenvalue weighted by Crippen LogP contribution is -2.58. The van der Waals surface area contributed by atoms with E-state index in [1.54, 1.807) is 11.8 Å². The highest BCUT2D eigenvalue weighted by atomic mass is 32.1. The standard InChI is InChI=1S/C27H42N4O5S/c1-16(33)30-9-11-31(12-10-30)21(35)13-17-22-18(37-24(28-22)29-23(36)25(2,3)4)14-19-26(17,5)8-7-20(34)27(19,6)15-32/h17,19-20,32,34H,7-15H2,1-6H3,(H,28,29,36)/t17-,19+,20+,26-,27-/m0/s1. The van der Waals surface area contributed by atoms with Crippen LogP contribution >= 0.6 is 11.3 Å². The Balaban J connectivity index is 1.67. The molecular formula is C27H42N4O5S. The van der Waals surface area contributed by atoms with Gasteiger partial charge in [-0.3, -0.25) is 14.4 Å². The van der Waals surface area contributed by atoms with Crippen molar-refractivity contribution in [1.82, 2.24) is 14.8 Å². The van der Waals surface area contributed by atoms with Crippen LogP contribution in [0.4, 0.5) is 5.13 Å². The van der Waals surface area contributed by atoms with Crippen LogP contribution in [0.25, 0.3) is 0 Å². The third-order valence-electron chi connectivity index (χ3n) is 9.25. The Morgan fingerprint density at radius 3 is 2.32 bits per heavy atom. The van der Waals surface area contributed by atoms with E-state index in [9.17, 15) is 24.6 Å². The van der Waals surface area contributed by atoms with Crippen molar-refractivity contribution in [2.24, 2.45) is 22.2 Å². The summed E-state index contributed by atoms with van der Waals surface area (Å²) in [5, 5.41) is 24.9. The molecule has 5 atom stereocenters. The first-order valence-corrected chi connectivity index (χ1v) is 14.2. The molecule has 0 spiro atoms. The minimum absolute atomic E-state index is 0.0238. The Kier molecular flexibility index (Phi) is 7.51. The predicted molar refractivity (Wildman–Crippen MR) is 142 cm³/mol. The van der Waals surface area contributed by atoms with E-state index in [-0.39, 0.29) is 48.0 Å². The van der Waals surface area contributed by atoms with Crippen LogP contribution in [0.2, 0.25) is 0 Å². The Morgan fingerprint density at radius 2 is 1.76 bits per heavy atom. The number of hydrogen-bond donors (Lipinski definition) is 3. The lowest BCUT2D eigenvalue weighted by Gasteiger charge is -2.58. The number of carbonyl (C=O) groups excluding carboxylic acids is 3. The first-order valence-electron chi connectivity index (χ1n) is 13.3. The molecule has 3 amide bonds. The van der Waals surface area contributed by atoms with E-state index in [1.807, 2.05) is 32.6 Å². The second-order valence-electron chi connectivity index (χ2n) is 12.7. The number of aromatic nitrogens is 1. The van der Waals surface area contributed by atoms with Gasteiger partial charge in [-0.2, -0.15) is 0 Å². The molecule has 9 nitrogen and oxygen atoms in total. The minimum atomic E-state index is -0.697. The summed E-state index contributed by atoms with van der Waals surface area (Å²) in [4.78, 5) is 47.5. The molecule has 2 fully saturated rings. The van der Waals surface area contributed by atoms with Gasteiger partial charge in [-0.1, -0.05) is 34.6 Å². The fourth-order valence-corrected chi connectivity index (χ4v) is 7.62. The zero-order valence-electron chi connectivity index (χ0n) is 23.0. The Bertz CT molecular complexity index is 1060.